The first-order valence-corrected chi connectivity index (χ1v) is 7.27. The summed E-state index contributed by atoms with van der Waals surface area (Å²) in [6.45, 7) is 2.20. The number of halogens is 2. The Morgan fingerprint density at radius 3 is 2.52 bits per heavy atom. The van der Waals surface area contributed by atoms with Gasteiger partial charge in [-0.3, -0.25) is 4.79 Å². The van der Waals surface area contributed by atoms with E-state index < -0.39 is 11.9 Å². The molecule has 0 aliphatic heterocycles. The maximum atomic E-state index is 13.4. The van der Waals surface area contributed by atoms with E-state index in [4.69, 9.17) is 5.11 Å². The molecule has 0 amide bonds. The summed E-state index contributed by atoms with van der Waals surface area (Å²) in [4.78, 5) is 10.9. The van der Waals surface area contributed by atoms with Gasteiger partial charge in [-0.05, 0) is 52.2 Å². The number of anilines is 1. The number of nitrogens with one attached hydrogen (secondary N) is 1. The van der Waals surface area contributed by atoms with E-state index in [1.165, 1.54) is 6.07 Å². The molecule has 3 nitrogen and oxygen atoms in total. The summed E-state index contributed by atoms with van der Waals surface area (Å²) in [5.74, 6) is -1.68. The fraction of sp³-hybridized carbons (Fsp3) is 0.188. The van der Waals surface area contributed by atoms with Crippen molar-refractivity contribution in [3.8, 4) is 0 Å². The Bertz CT molecular complexity index is 643. The molecular weight excluding hydrogens is 337 g/mol. The van der Waals surface area contributed by atoms with Crippen LogP contribution in [-0.2, 0) is 11.3 Å². The summed E-state index contributed by atoms with van der Waals surface area (Å²) in [5.41, 5.74) is 2.46. The van der Waals surface area contributed by atoms with Gasteiger partial charge in [0.25, 0.3) is 0 Å². The molecule has 0 aliphatic rings. The van der Waals surface area contributed by atoms with Crippen molar-refractivity contribution in [3.05, 3.63) is 63.9 Å². The van der Waals surface area contributed by atoms with Crippen LogP contribution in [0, 0.1) is 5.82 Å². The number of carboxylic acids is 1. The Hall–Kier alpha value is -1.88. The van der Waals surface area contributed by atoms with E-state index >= 15 is 0 Å². The molecule has 0 radical (unpaired) electrons. The van der Waals surface area contributed by atoms with Crippen LogP contribution in [0.5, 0.6) is 0 Å². The van der Waals surface area contributed by atoms with E-state index in [2.05, 4.69) is 21.2 Å². The molecule has 0 fully saturated rings. The van der Waals surface area contributed by atoms with Gasteiger partial charge in [-0.2, -0.15) is 0 Å². The molecule has 110 valence electrons. The normalized spacial score (nSPS) is 12.0. The van der Waals surface area contributed by atoms with Gasteiger partial charge < -0.3 is 10.4 Å². The van der Waals surface area contributed by atoms with Crippen LogP contribution in [0.3, 0.4) is 0 Å². The average Bonchev–Trinajstić information content (AvgIpc) is 2.48. The fourth-order valence-electron chi connectivity index (χ4n) is 1.88. The Balaban J connectivity index is 2.00. The molecular formula is C16H15BrFNO2. The number of hydrogen-bond donors (Lipinski definition) is 2. The smallest absolute Gasteiger partial charge is 0.310 e. The van der Waals surface area contributed by atoms with Crippen LogP contribution >= 0.6 is 15.9 Å². The second-order valence-electron chi connectivity index (χ2n) is 4.78. The Morgan fingerprint density at radius 1 is 1.29 bits per heavy atom. The largest absolute Gasteiger partial charge is 0.481 e. The lowest BCUT2D eigenvalue weighted by Gasteiger charge is -2.10. The van der Waals surface area contributed by atoms with Crippen molar-refractivity contribution in [2.45, 2.75) is 19.4 Å². The topological polar surface area (TPSA) is 49.3 Å². The van der Waals surface area contributed by atoms with E-state index in [0.717, 1.165) is 11.1 Å². The Kier molecular flexibility index (Phi) is 4.96. The summed E-state index contributed by atoms with van der Waals surface area (Å²) in [6, 6.07) is 12.2. The van der Waals surface area contributed by atoms with Gasteiger partial charge >= 0.3 is 5.97 Å². The molecule has 0 aliphatic carbocycles. The quantitative estimate of drug-likeness (QED) is 0.839. The predicted molar refractivity (Wildman–Crippen MR) is 83.9 cm³/mol. The summed E-state index contributed by atoms with van der Waals surface area (Å²) in [7, 11) is 0. The average molecular weight is 352 g/mol. The van der Waals surface area contributed by atoms with Crippen molar-refractivity contribution in [2.24, 2.45) is 0 Å². The molecule has 1 atom stereocenters. The summed E-state index contributed by atoms with van der Waals surface area (Å²) >= 11 is 3.11. The summed E-state index contributed by atoms with van der Waals surface area (Å²) in [5, 5.41) is 12.1. The van der Waals surface area contributed by atoms with Crippen LogP contribution < -0.4 is 5.32 Å². The van der Waals surface area contributed by atoms with Gasteiger partial charge in [0, 0.05) is 12.2 Å². The molecule has 0 heterocycles. The Labute approximate surface area is 130 Å². The van der Waals surface area contributed by atoms with Gasteiger partial charge in [0.2, 0.25) is 0 Å². The van der Waals surface area contributed by atoms with Crippen LogP contribution in [-0.4, -0.2) is 11.1 Å². The molecule has 1 unspecified atom stereocenters. The van der Waals surface area contributed by atoms with Crippen LogP contribution in [0.15, 0.2) is 46.9 Å². The zero-order valence-corrected chi connectivity index (χ0v) is 13.0. The molecule has 21 heavy (non-hydrogen) atoms. The van der Waals surface area contributed by atoms with Crippen molar-refractivity contribution < 1.29 is 14.3 Å². The lowest BCUT2D eigenvalue weighted by atomic mass is 10.00. The minimum absolute atomic E-state index is 0.314. The molecule has 2 aromatic carbocycles. The van der Waals surface area contributed by atoms with Crippen LogP contribution in [0.2, 0.25) is 0 Å². The highest BCUT2D eigenvalue weighted by molar-refractivity contribution is 9.10. The van der Waals surface area contributed by atoms with Crippen LogP contribution in [0.4, 0.5) is 10.1 Å². The van der Waals surface area contributed by atoms with Gasteiger partial charge in [0.05, 0.1) is 10.4 Å². The number of rotatable bonds is 5. The standard InChI is InChI=1S/C16H15BrFNO2/c1-10(16(20)21)12-4-2-11(3-5-12)9-19-13-6-7-14(17)15(18)8-13/h2-8,10,19H,9H2,1H3,(H,20,21). The van der Waals surface area contributed by atoms with Gasteiger partial charge in [0.15, 0.2) is 0 Å². The fourth-order valence-corrected chi connectivity index (χ4v) is 2.12. The first-order chi connectivity index (χ1) is 9.97. The van der Waals surface area contributed by atoms with Gasteiger partial charge in [-0.1, -0.05) is 24.3 Å². The maximum absolute atomic E-state index is 13.4. The summed E-state index contributed by atoms with van der Waals surface area (Å²) < 4.78 is 13.8. The van der Waals surface area contributed by atoms with E-state index in [1.807, 2.05) is 12.1 Å². The predicted octanol–water partition coefficient (Wildman–Crippen LogP) is 4.39. The van der Waals surface area contributed by atoms with E-state index in [-0.39, 0.29) is 5.82 Å². The van der Waals surface area contributed by atoms with E-state index in [1.54, 1.807) is 31.2 Å². The third-order valence-corrected chi connectivity index (χ3v) is 3.91. The molecule has 5 heteroatoms. The molecule has 2 N–H and O–H groups in total. The van der Waals surface area contributed by atoms with Gasteiger partial charge in [0.1, 0.15) is 5.82 Å². The molecule has 0 saturated heterocycles. The van der Waals surface area contributed by atoms with E-state index in [9.17, 15) is 9.18 Å². The lowest BCUT2D eigenvalue weighted by Crippen LogP contribution is -2.07. The van der Waals surface area contributed by atoms with Crippen molar-refractivity contribution in [1.82, 2.24) is 0 Å². The van der Waals surface area contributed by atoms with Gasteiger partial charge in [-0.25, -0.2) is 4.39 Å². The third-order valence-electron chi connectivity index (χ3n) is 3.27. The highest BCUT2D eigenvalue weighted by Gasteiger charge is 2.12. The summed E-state index contributed by atoms with van der Waals surface area (Å²) in [6.07, 6.45) is 0. The molecule has 0 bridgehead atoms. The third kappa shape index (κ3) is 4.04. The molecule has 0 aromatic heterocycles. The van der Waals surface area contributed by atoms with Gasteiger partial charge in [-0.15, -0.1) is 0 Å². The number of carbonyl (C=O) groups is 1. The van der Waals surface area contributed by atoms with Crippen molar-refractivity contribution in [1.29, 1.82) is 0 Å². The highest BCUT2D eigenvalue weighted by atomic mass is 79.9. The minimum Gasteiger partial charge on any atom is -0.481 e. The second-order valence-corrected chi connectivity index (χ2v) is 5.64. The molecule has 0 spiro atoms. The van der Waals surface area contributed by atoms with Crippen LogP contribution in [0.1, 0.15) is 24.0 Å². The van der Waals surface area contributed by atoms with Crippen molar-refractivity contribution >= 4 is 27.6 Å². The van der Waals surface area contributed by atoms with Crippen molar-refractivity contribution in [2.75, 3.05) is 5.32 Å². The molecule has 0 saturated carbocycles. The number of benzene rings is 2. The second kappa shape index (κ2) is 6.72. The molecule has 2 rings (SSSR count). The number of carboxylic acid groups (broad SMARTS) is 1. The minimum atomic E-state index is -0.841. The maximum Gasteiger partial charge on any atom is 0.310 e. The van der Waals surface area contributed by atoms with Crippen molar-refractivity contribution in [3.63, 3.8) is 0 Å². The Morgan fingerprint density at radius 2 is 1.95 bits per heavy atom. The van der Waals surface area contributed by atoms with Crippen LogP contribution in [0.25, 0.3) is 0 Å². The zero-order valence-electron chi connectivity index (χ0n) is 11.4. The first-order valence-electron chi connectivity index (χ1n) is 6.48. The highest BCUT2D eigenvalue weighted by Crippen LogP contribution is 2.20. The number of aliphatic carboxylic acids is 1. The first kappa shape index (κ1) is 15.5. The monoisotopic (exact) mass is 351 g/mol. The van der Waals surface area contributed by atoms with E-state index in [0.29, 0.717) is 16.7 Å². The molecule has 2 aromatic rings. The number of hydrogen-bond acceptors (Lipinski definition) is 2. The lowest BCUT2D eigenvalue weighted by molar-refractivity contribution is -0.138. The zero-order chi connectivity index (χ0) is 15.4. The SMILES string of the molecule is CC(C(=O)O)c1ccc(CNc2ccc(Br)c(F)c2)cc1.